The second-order valence-electron chi connectivity index (χ2n) is 6.17. The quantitative estimate of drug-likeness (QED) is 0.494. The van der Waals surface area contributed by atoms with Crippen molar-refractivity contribution < 1.29 is 23.9 Å². The lowest BCUT2D eigenvalue weighted by Gasteiger charge is -2.18. The number of ether oxygens (including phenoxy) is 2. The molecule has 0 unspecified atom stereocenters. The fourth-order valence-electron chi connectivity index (χ4n) is 2.73. The van der Waals surface area contributed by atoms with Gasteiger partial charge in [-0.25, -0.2) is 4.79 Å². The lowest BCUT2D eigenvalue weighted by atomic mass is 10.1. The molecule has 1 atom stereocenters. The van der Waals surface area contributed by atoms with Gasteiger partial charge in [0.15, 0.2) is 0 Å². The van der Waals surface area contributed by atoms with Gasteiger partial charge in [-0.3, -0.25) is 14.5 Å². The molecule has 0 N–H and O–H groups in total. The molecule has 1 saturated heterocycles. The summed E-state index contributed by atoms with van der Waals surface area (Å²) in [5.74, 6) is -0.656. The van der Waals surface area contributed by atoms with E-state index >= 15 is 0 Å². The Hall–Kier alpha value is -2.77. The number of hydrogen-bond donors (Lipinski definition) is 0. The van der Waals surface area contributed by atoms with Crippen molar-refractivity contribution in [1.82, 2.24) is 4.90 Å². The first-order valence-corrected chi connectivity index (χ1v) is 9.92. The molecule has 0 saturated carbocycles. The summed E-state index contributed by atoms with van der Waals surface area (Å²) in [4.78, 5) is 37.8. The van der Waals surface area contributed by atoms with Gasteiger partial charge in [-0.15, -0.1) is 0 Å². The van der Waals surface area contributed by atoms with Gasteiger partial charge in [-0.2, -0.15) is 0 Å². The zero-order valence-corrected chi connectivity index (χ0v) is 17.3. The monoisotopic (exact) mass is 431 g/mol. The van der Waals surface area contributed by atoms with Gasteiger partial charge in [0.1, 0.15) is 18.4 Å². The highest BCUT2D eigenvalue weighted by molar-refractivity contribution is 8.18. The van der Waals surface area contributed by atoms with Crippen LogP contribution in [0.1, 0.15) is 18.1 Å². The Labute approximate surface area is 177 Å². The summed E-state index contributed by atoms with van der Waals surface area (Å²) in [5.41, 5.74) is 1.46. The molecule has 0 spiro atoms. The summed E-state index contributed by atoms with van der Waals surface area (Å²) in [6, 6.07) is 13.5. The van der Waals surface area contributed by atoms with Crippen molar-refractivity contribution in [3.05, 3.63) is 69.6 Å². The second-order valence-corrected chi connectivity index (χ2v) is 7.57. The molecule has 8 heteroatoms. The Kier molecular flexibility index (Phi) is 6.61. The second kappa shape index (κ2) is 9.15. The highest BCUT2D eigenvalue weighted by Gasteiger charge is 2.41. The smallest absolute Gasteiger partial charge is 0.328 e. The van der Waals surface area contributed by atoms with Crippen molar-refractivity contribution in [2.75, 3.05) is 7.11 Å². The average Bonchev–Trinajstić information content (AvgIpc) is 3.00. The predicted molar refractivity (Wildman–Crippen MR) is 112 cm³/mol. The number of halogens is 1. The van der Waals surface area contributed by atoms with Crippen molar-refractivity contribution >= 4 is 46.6 Å². The first-order valence-electron chi connectivity index (χ1n) is 8.72. The highest BCUT2D eigenvalue weighted by Crippen LogP contribution is 2.35. The van der Waals surface area contributed by atoms with E-state index in [1.165, 1.54) is 14.0 Å². The summed E-state index contributed by atoms with van der Waals surface area (Å²) < 4.78 is 10.5. The van der Waals surface area contributed by atoms with Crippen LogP contribution in [0.5, 0.6) is 5.75 Å². The van der Waals surface area contributed by atoms with Gasteiger partial charge in [0.2, 0.25) is 0 Å². The molecule has 150 valence electrons. The number of thioether (sulfide) groups is 1. The molecule has 29 heavy (non-hydrogen) atoms. The third kappa shape index (κ3) is 4.63. The van der Waals surface area contributed by atoms with Gasteiger partial charge < -0.3 is 9.47 Å². The third-order valence-electron chi connectivity index (χ3n) is 4.30. The number of carbonyl (C=O) groups excluding carboxylic acids is 3. The summed E-state index contributed by atoms with van der Waals surface area (Å²) >= 11 is 6.94. The largest absolute Gasteiger partial charge is 0.488 e. The molecule has 3 rings (SSSR count). The number of para-hydroxylation sites is 1. The molecule has 1 heterocycles. The zero-order chi connectivity index (χ0) is 21.0. The minimum Gasteiger partial charge on any atom is -0.488 e. The van der Waals surface area contributed by atoms with Crippen LogP contribution in [-0.4, -0.2) is 35.2 Å². The number of methoxy groups -OCH3 is 1. The number of esters is 1. The van der Waals surface area contributed by atoms with E-state index < -0.39 is 23.2 Å². The molecule has 1 aliphatic rings. The molecule has 1 fully saturated rings. The van der Waals surface area contributed by atoms with E-state index in [9.17, 15) is 14.4 Å². The normalized spacial score (nSPS) is 16.2. The van der Waals surface area contributed by atoms with Crippen LogP contribution in [0.4, 0.5) is 4.79 Å². The van der Waals surface area contributed by atoms with Crippen LogP contribution in [0.2, 0.25) is 5.02 Å². The number of amides is 2. The minimum atomic E-state index is -0.995. The molecule has 0 aliphatic carbocycles. The molecule has 2 aromatic carbocycles. The molecule has 2 aromatic rings. The summed E-state index contributed by atoms with van der Waals surface area (Å²) in [7, 11) is 1.21. The number of carbonyl (C=O) groups is 3. The van der Waals surface area contributed by atoms with E-state index in [0.717, 1.165) is 22.2 Å². The SMILES string of the molecule is COC(=O)[C@@H](C)N1C(=O)S/C(=C/c2ccccc2OCc2ccccc2Cl)C1=O. The number of benzene rings is 2. The Morgan fingerprint density at radius 1 is 1.17 bits per heavy atom. The fraction of sp³-hybridized carbons (Fsp3) is 0.190. The van der Waals surface area contributed by atoms with Gasteiger partial charge in [0.25, 0.3) is 11.1 Å². The van der Waals surface area contributed by atoms with Crippen molar-refractivity contribution in [2.45, 2.75) is 19.6 Å². The zero-order valence-electron chi connectivity index (χ0n) is 15.8. The van der Waals surface area contributed by atoms with Crippen molar-refractivity contribution in [3.63, 3.8) is 0 Å². The lowest BCUT2D eigenvalue weighted by molar-refractivity contribution is -0.148. The summed E-state index contributed by atoms with van der Waals surface area (Å²) in [6.45, 7) is 1.71. The van der Waals surface area contributed by atoms with Crippen LogP contribution in [0.15, 0.2) is 53.4 Å². The van der Waals surface area contributed by atoms with Crippen LogP contribution in [-0.2, 0) is 20.9 Å². The Morgan fingerprint density at radius 2 is 1.86 bits per heavy atom. The number of rotatable bonds is 6. The van der Waals surface area contributed by atoms with Gasteiger partial charge in [0, 0.05) is 16.1 Å². The van der Waals surface area contributed by atoms with Gasteiger partial charge >= 0.3 is 5.97 Å². The predicted octanol–water partition coefficient (Wildman–Crippen LogP) is 4.52. The average molecular weight is 432 g/mol. The standard InChI is InChI=1S/C21H18ClNO5S/c1-13(20(25)27-2)23-19(24)18(29-21(23)26)11-14-7-4-6-10-17(14)28-12-15-8-3-5-9-16(15)22/h3-11,13H,12H2,1-2H3/b18-11+/t13-/m1/s1. The third-order valence-corrected chi connectivity index (χ3v) is 5.55. The maximum atomic E-state index is 12.7. The van der Waals surface area contributed by atoms with Gasteiger partial charge in [-0.05, 0) is 36.9 Å². The molecular formula is C21H18ClNO5S. The Bertz CT molecular complexity index is 991. The molecule has 0 radical (unpaired) electrons. The van der Waals surface area contributed by atoms with E-state index in [0.29, 0.717) is 16.3 Å². The Morgan fingerprint density at radius 3 is 2.59 bits per heavy atom. The van der Waals surface area contributed by atoms with E-state index in [2.05, 4.69) is 4.74 Å². The van der Waals surface area contributed by atoms with Crippen molar-refractivity contribution in [1.29, 1.82) is 0 Å². The van der Waals surface area contributed by atoms with Gasteiger partial charge in [-0.1, -0.05) is 48.0 Å². The first-order chi connectivity index (χ1) is 13.9. The topological polar surface area (TPSA) is 72.9 Å². The summed E-state index contributed by atoms with van der Waals surface area (Å²) in [5, 5.41) is 0.0801. The fourth-order valence-corrected chi connectivity index (χ4v) is 3.82. The van der Waals surface area contributed by atoms with E-state index in [1.54, 1.807) is 30.3 Å². The van der Waals surface area contributed by atoms with E-state index in [1.807, 2.05) is 24.3 Å². The van der Waals surface area contributed by atoms with Gasteiger partial charge in [0.05, 0.1) is 12.0 Å². The number of imide groups is 1. The number of nitrogens with zero attached hydrogens (tertiary/aromatic N) is 1. The maximum Gasteiger partial charge on any atom is 0.328 e. The van der Waals surface area contributed by atoms with Crippen LogP contribution in [0.25, 0.3) is 6.08 Å². The summed E-state index contributed by atoms with van der Waals surface area (Å²) in [6.07, 6.45) is 1.58. The van der Waals surface area contributed by atoms with Crippen molar-refractivity contribution in [3.8, 4) is 5.75 Å². The molecule has 6 nitrogen and oxygen atoms in total. The minimum absolute atomic E-state index is 0.208. The molecule has 2 amide bonds. The molecular weight excluding hydrogens is 414 g/mol. The van der Waals surface area contributed by atoms with Crippen LogP contribution in [0.3, 0.4) is 0 Å². The van der Waals surface area contributed by atoms with Crippen molar-refractivity contribution in [2.24, 2.45) is 0 Å². The lowest BCUT2D eigenvalue weighted by Crippen LogP contribution is -2.42. The maximum absolute atomic E-state index is 12.7. The molecule has 1 aliphatic heterocycles. The van der Waals surface area contributed by atoms with E-state index in [4.69, 9.17) is 16.3 Å². The molecule has 0 aromatic heterocycles. The van der Waals surface area contributed by atoms with Crippen LogP contribution < -0.4 is 4.74 Å². The first kappa shape index (κ1) is 21.0. The van der Waals surface area contributed by atoms with Crippen LogP contribution in [0, 0.1) is 0 Å². The van der Waals surface area contributed by atoms with E-state index in [-0.39, 0.29) is 11.5 Å². The Balaban J connectivity index is 1.82. The number of hydrogen-bond acceptors (Lipinski definition) is 6. The van der Waals surface area contributed by atoms with Crippen LogP contribution >= 0.6 is 23.4 Å². The highest BCUT2D eigenvalue weighted by atomic mass is 35.5. The molecule has 0 bridgehead atoms.